The number of aliphatic carboxylic acids is 1. The van der Waals surface area contributed by atoms with Gasteiger partial charge in [-0.3, -0.25) is 0 Å². The summed E-state index contributed by atoms with van der Waals surface area (Å²) in [5.41, 5.74) is 1.98. The first kappa shape index (κ1) is 23.5. The summed E-state index contributed by atoms with van der Waals surface area (Å²) in [5.74, 6) is -1.08. The maximum Gasteiger partial charge on any atom is 0.431 e. The number of azo groups is 1. The Morgan fingerprint density at radius 3 is 2.04 bits per heavy atom. The molecule has 1 aromatic carbocycles. The number of aromatic nitrogens is 2. The Balaban J connectivity index is 0.000000892. The first-order valence-corrected chi connectivity index (χ1v) is 9.86. The molecule has 0 saturated carbocycles. The zero-order valence-corrected chi connectivity index (χ0v) is 18.7. The van der Waals surface area contributed by atoms with Gasteiger partial charge in [0, 0.05) is 37.8 Å². The van der Waals surface area contributed by atoms with E-state index < -0.39 is 5.97 Å². The van der Waals surface area contributed by atoms with Gasteiger partial charge in [-0.05, 0) is 75.3 Å². The number of hydrogen-bond donors (Lipinski definition) is 0. The van der Waals surface area contributed by atoms with E-state index in [0.717, 1.165) is 28.6 Å². The monoisotopic (exact) mass is 406 g/mol. The number of benzene rings is 1. The maximum atomic E-state index is 8.89. The Hall–Kier alpha value is -2.55. The highest BCUT2D eigenvalue weighted by atomic mass is 32.1. The van der Waals surface area contributed by atoms with Gasteiger partial charge < -0.3 is 19.7 Å². The molecule has 28 heavy (non-hydrogen) atoms. The third-order valence-corrected chi connectivity index (χ3v) is 4.65. The molecule has 154 valence electrons. The van der Waals surface area contributed by atoms with E-state index >= 15 is 0 Å². The number of carbonyl (C=O) groups excluding carboxylic acids is 1. The van der Waals surface area contributed by atoms with Crippen molar-refractivity contribution in [1.29, 1.82) is 0 Å². The van der Waals surface area contributed by atoms with Crippen LogP contribution in [-0.4, -0.2) is 37.2 Å². The van der Waals surface area contributed by atoms with Crippen LogP contribution in [0.1, 0.15) is 34.6 Å². The Kier molecular flexibility index (Phi) is 8.98. The summed E-state index contributed by atoms with van der Waals surface area (Å²) in [6.45, 7) is 9.67. The van der Waals surface area contributed by atoms with Crippen LogP contribution in [0, 0.1) is 0 Å². The van der Waals surface area contributed by atoms with Crippen LogP contribution in [0.3, 0.4) is 0 Å². The fourth-order valence-corrected chi connectivity index (χ4v) is 3.59. The predicted molar refractivity (Wildman–Crippen MR) is 112 cm³/mol. The number of hydrogen-bond acceptors (Lipinski definition) is 8. The lowest BCUT2D eigenvalue weighted by molar-refractivity contribution is -0.712. The zero-order chi connectivity index (χ0) is 21.4. The fourth-order valence-electron chi connectivity index (χ4n) is 2.48. The number of nitrogens with zero attached hydrogens (tertiary/aromatic N) is 6. The van der Waals surface area contributed by atoms with E-state index in [0.29, 0.717) is 12.1 Å². The third-order valence-electron chi connectivity index (χ3n) is 3.65. The second-order valence-electron chi connectivity index (χ2n) is 6.99. The van der Waals surface area contributed by atoms with Crippen molar-refractivity contribution in [3.63, 3.8) is 0 Å². The van der Waals surface area contributed by atoms with Crippen molar-refractivity contribution >= 4 is 38.9 Å². The molecule has 0 N–H and O–H groups in total. The number of rotatable bonds is 6. The second kappa shape index (κ2) is 10.7. The molecule has 1 aromatic heterocycles. The minimum atomic E-state index is -1.08. The SMILES string of the molecule is CC(=O)[O-].CC(C)N(c1n[n+](C)c(N=Nc2ccc(N(C)C)cc2)s1)C(C)C. The van der Waals surface area contributed by atoms with Gasteiger partial charge in [-0.15, -0.1) is 4.68 Å². The Morgan fingerprint density at radius 1 is 1.11 bits per heavy atom. The summed E-state index contributed by atoms with van der Waals surface area (Å²) in [6, 6.07) is 8.78. The Bertz CT molecular complexity index is 772. The molecule has 0 fully saturated rings. The topological polar surface area (TPSA) is 88.1 Å². The number of anilines is 2. The number of aryl methyl sites for hydroxylation is 1. The molecule has 0 radical (unpaired) electrons. The van der Waals surface area contributed by atoms with Gasteiger partial charge in [0.2, 0.25) is 5.13 Å². The van der Waals surface area contributed by atoms with E-state index in [1.807, 2.05) is 45.4 Å². The molecule has 0 saturated heterocycles. The predicted octanol–water partition coefficient (Wildman–Crippen LogP) is 2.83. The van der Waals surface area contributed by atoms with Gasteiger partial charge >= 0.3 is 5.13 Å². The first-order valence-electron chi connectivity index (χ1n) is 9.05. The van der Waals surface area contributed by atoms with E-state index in [2.05, 4.69) is 52.8 Å². The molecule has 0 unspecified atom stereocenters. The van der Waals surface area contributed by atoms with Gasteiger partial charge in [0.25, 0.3) is 0 Å². The fraction of sp³-hybridized carbons (Fsp3) is 0.526. The van der Waals surface area contributed by atoms with Crippen molar-refractivity contribution in [3.05, 3.63) is 24.3 Å². The zero-order valence-electron chi connectivity index (χ0n) is 17.9. The largest absolute Gasteiger partial charge is 0.550 e. The Morgan fingerprint density at radius 2 is 1.61 bits per heavy atom. The average Bonchev–Trinajstić information content (AvgIpc) is 2.92. The lowest BCUT2D eigenvalue weighted by atomic mass is 10.2. The highest BCUT2D eigenvalue weighted by Gasteiger charge is 2.24. The van der Waals surface area contributed by atoms with E-state index in [1.54, 1.807) is 16.0 Å². The van der Waals surface area contributed by atoms with Crippen LogP contribution < -0.4 is 19.6 Å². The minimum Gasteiger partial charge on any atom is -0.550 e. The quantitative estimate of drug-likeness (QED) is 0.544. The van der Waals surface area contributed by atoms with E-state index in [-0.39, 0.29) is 0 Å². The van der Waals surface area contributed by atoms with Crippen LogP contribution in [0.5, 0.6) is 0 Å². The lowest BCUT2D eigenvalue weighted by Gasteiger charge is -2.28. The van der Waals surface area contributed by atoms with Gasteiger partial charge in [-0.25, -0.2) is 0 Å². The van der Waals surface area contributed by atoms with Gasteiger partial charge in [0.15, 0.2) is 0 Å². The molecule has 9 heteroatoms. The van der Waals surface area contributed by atoms with Crippen molar-refractivity contribution in [2.24, 2.45) is 17.3 Å². The molecule has 1 heterocycles. The summed E-state index contributed by atoms with van der Waals surface area (Å²) in [6.07, 6.45) is 0. The molecule has 2 rings (SSSR count). The summed E-state index contributed by atoms with van der Waals surface area (Å²) in [7, 11) is 5.94. The molecular weight excluding hydrogens is 376 g/mol. The summed E-state index contributed by atoms with van der Waals surface area (Å²) in [5, 5.41) is 24.0. The molecule has 0 bridgehead atoms. The molecular formula is C19H30N6O2S. The smallest absolute Gasteiger partial charge is 0.431 e. The molecule has 0 aliphatic heterocycles. The van der Waals surface area contributed by atoms with Gasteiger partial charge in [0.05, 0.1) is 5.11 Å². The average molecular weight is 407 g/mol. The second-order valence-corrected chi connectivity index (χ2v) is 7.92. The van der Waals surface area contributed by atoms with Crippen LogP contribution in [0.15, 0.2) is 34.5 Å². The molecule has 0 spiro atoms. The Labute approximate surface area is 171 Å². The van der Waals surface area contributed by atoms with Crippen molar-refractivity contribution in [1.82, 2.24) is 5.10 Å². The first-order chi connectivity index (χ1) is 13.0. The van der Waals surface area contributed by atoms with Crippen LogP contribution in [0.2, 0.25) is 0 Å². The van der Waals surface area contributed by atoms with Gasteiger partial charge in [-0.1, -0.05) is 5.10 Å². The summed E-state index contributed by atoms with van der Waals surface area (Å²) < 4.78 is 1.79. The van der Waals surface area contributed by atoms with Gasteiger partial charge in [0.1, 0.15) is 12.7 Å². The molecule has 0 aliphatic rings. The van der Waals surface area contributed by atoms with Crippen LogP contribution in [0.4, 0.5) is 21.6 Å². The summed E-state index contributed by atoms with van der Waals surface area (Å²) >= 11 is 1.56. The minimum absolute atomic E-state index is 0.388. The van der Waals surface area contributed by atoms with Crippen LogP contribution in [-0.2, 0) is 11.8 Å². The highest BCUT2D eigenvalue weighted by Crippen LogP contribution is 2.29. The maximum absolute atomic E-state index is 8.89. The molecule has 0 atom stereocenters. The van der Waals surface area contributed by atoms with Crippen LogP contribution in [0.25, 0.3) is 0 Å². The molecule has 0 aliphatic carbocycles. The molecule has 2 aromatic rings. The van der Waals surface area contributed by atoms with E-state index in [1.165, 1.54) is 0 Å². The van der Waals surface area contributed by atoms with Crippen molar-refractivity contribution in [3.8, 4) is 0 Å². The normalized spacial score (nSPS) is 10.9. The van der Waals surface area contributed by atoms with Gasteiger partial charge in [-0.2, -0.15) is 0 Å². The number of carboxylic acids is 1. The standard InChI is InChI=1S/C17H27N6S.C2H4O2/c1-12(2)23(13(3)4)17-20-22(7)16(24-17)19-18-14-8-10-15(11-9-14)21(5)6;1-2(3)4/h8-13H,1-7H3;1H3,(H,3,4)/q+1;/p-1. The third kappa shape index (κ3) is 7.22. The van der Waals surface area contributed by atoms with E-state index in [4.69, 9.17) is 9.90 Å². The molecule has 8 nitrogen and oxygen atoms in total. The van der Waals surface area contributed by atoms with Crippen molar-refractivity contribution < 1.29 is 14.6 Å². The lowest BCUT2D eigenvalue weighted by Crippen LogP contribution is -2.39. The van der Waals surface area contributed by atoms with Crippen molar-refractivity contribution in [2.45, 2.75) is 46.7 Å². The number of carbonyl (C=O) groups is 1. The van der Waals surface area contributed by atoms with Crippen LogP contribution >= 0.6 is 11.3 Å². The van der Waals surface area contributed by atoms with E-state index in [9.17, 15) is 0 Å². The molecule has 0 amide bonds. The van der Waals surface area contributed by atoms with Crippen molar-refractivity contribution in [2.75, 3.05) is 23.9 Å². The number of carboxylic acid groups (broad SMARTS) is 1. The summed E-state index contributed by atoms with van der Waals surface area (Å²) in [4.78, 5) is 13.2. The highest BCUT2D eigenvalue weighted by molar-refractivity contribution is 7.18.